The second-order valence-corrected chi connectivity index (χ2v) is 12.8. The molecule has 1 heteroatoms. The molecule has 0 bridgehead atoms. The van der Waals surface area contributed by atoms with Gasteiger partial charge in [-0.05, 0) is 107 Å². The highest BCUT2D eigenvalue weighted by atomic mass is 16.3. The Morgan fingerprint density at radius 3 is 1.67 bits per heavy atom. The lowest BCUT2D eigenvalue weighted by Gasteiger charge is -2.19. The van der Waals surface area contributed by atoms with Gasteiger partial charge in [-0.25, -0.2) is 0 Å². The van der Waals surface area contributed by atoms with Crippen molar-refractivity contribution < 1.29 is 4.42 Å². The number of rotatable bonds is 4. The van der Waals surface area contributed by atoms with Crippen molar-refractivity contribution in [3.63, 3.8) is 0 Å². The SMILES string of the molecule is c1ccc(-c2c3ccccc3c(-c3cccc(-c4ccc5oc6ccccc6c5c4)c3)c3ccc(-c4cccc5ccccc45)cc23)cc1. The normalized spacial score (nSPS) is 11.7. The molecule has 0 aliphatic heterocycles. The topological polar surface area (TPSA) is 13.1 Å². The molecule has 10 aromatic rings. The summed E-state index contributed by atoms with van der Waals surface area (Å²) in [5, 5.41) is 9.80. The summed E-state index contributed by atoms with van der Waals surface area (Å²) in [5.41, 5.74) is 11.6. The Hall–Kier alpha value is -6.44. The molecule has 1 heterocycles. The summed E-state index contributed by atoms with van der Waals surface area (Å²) < 4.78 is 6.15. The van der Waals surface area contributed by atoms with Crippen molar-refractivity contribution in [1.29, 1.82) is 0 Å². The molecule has 1 nitrogen and oxygen atoms in total. The second kappa shape index (κ2) is 11.1. The van der Waals surface area contributed by atoms with Crippen LogP contribution in [-0.4, -0.2) is 0 Å². The van der Waals surface area contributed by atoms with E-state index in [0.717, 1.165) is 21.9 Å². The van der Waals surface area contributed by atoms with Crippen LogP contribution in [0, 0.1) is 0 Å². The molecule has 0 spiro atoms. The fourth-order valence-electron chi connectivity index (χ4n) is 7.81. The lowest BCUT2D eigenvalue weighted by atomic mass is 9.84. The average molecular weight is 623 g/mol. The summed E-state index contributed by atoms with van der Waals surface area (Å²) in [5.74, 6) is 0. The van der Waals surface area contributed by atoms with Gasteiger partial charge in [0.25, 0.3) is 0 Å². The van der Waals surface area contributed by atoms with Crippen LogP contribution >= 0.6 is 0 Å². The van der Waals surface area contributed by atoms with Crippen LogP contribution in [-0.2, 0) is 0 Å². The van der Waals surface area contributed by atoms with Crippen molar-refractivity contribution in [1.82, 2.24) is 0 Å². The quantitative estimate of drug-likeness (QED) is 0.178. The van der Waals surface area contributed by atoms with E-state index in [1.807, 2.05) is 12.1 Å². The first-order valence-corrected chi connectivity index (χ1v) is 16.8. The number of para-hydroxylation sites is 1. The van der Waals surface area contributed by atoms with E-state index in [1.165, 1.54) is 76.8 Å². The van der Waals surface area contributed by atoms with E-state index in [-0.39, 0.29) is 0 Å². The molecule has 49 heavy (non-hydrogen) atoms. The zero-order valence-electron chi connectivity index (χ0n) is 26.7. The molecular formula is C48H30O. The van der Waals surface area contributed by atoms with Gasteiger partial charge in [-0.3, -0.25) is 0 Å². The van der Waals surface area contributed by atoms with Gasteiger partial charge < -0.3 is 4.42 Å². The monoisotopic (exact) mass is 622 g/mol. The largest absolute Gasteiger partial charge is 0.456 e. The number of furan rings is 1. The second-order valence-electron chi connectivity index (χ2n) is 12.8. The maximum atomic E-state index is 6.15. The van der Waals surface area contributed by atoms with Crippen LogP contribution in [0.2, 0.25) is 0 Å². The highest BCUT2D eigenvalue weighted by Gasteiger charge is 2.18. The van der Waals surface area contributed by atoms with Crippen molar-refractivity contribution in [2.45, 2.75) is 0 Å². The van der Waals surface area contributed by atoms with Crippen molar-refractivity contribution in [2.24, 2.45) is 0 Å². The minimum atomic E-state index is 0.914. The first kappa shape index (κ1) is 27.7. The molecule has 0 amide bonds. The van der Waals surface area contributed by atoms with E-state index in [9.17, 15) is 0 Å². The predicted octanol–water partition coefficient (Wildman–Crippen LogP) is 13.7. The molecule has 0 N–H and O–H groups in total. The molecule has 10 rings (SSSR count). The summed E-state index contributed by atoms with van der Waals surface area (Å²) in [4.78, 5) is 0. The number of benzene rings is 9. The van der Waals surface area contributed by atoms with E-state index in [0.29, 0.717) is 0 Å². The minimum Gasteiger partial charge on any atom is -0.456 e. The Bertz CT molecular complexity index is 2870. The first-order valence-electron chi connectivity index (χ1n) is 16.8. The lowest BCUT2D eigenvalue weighted by Crippen LogP contribution is -1.92. The maximum Gasteiger partial charge on any atom is 0.135 e. The predicted molar refractivity (Wildman–Crippen MR) is 208 cm³/mol. The zero-order chi connectivity index (χ0) is 32.3. The summed E-state index contributed by atoms with van der Waals surface area (Å²) in [6, 6.07) is 65.9. The van der Waals surface area contributed by atoms with Gasteiger partial charge in [-0.15, -0.1) is 0 Å². The van der Waals surface area contributed by atoms with Gasteiger partial charge in [-0.2, -0.15) is 0 Å². The van der Waals surface area contributed by atoms with Gasteiger partial charge in [0.15, 0.2) is 0 Å². The van der Waals surface area contributed by atoms with Crippen LogP contribution in [0.1, 0.15) is 0 Å². The van der Waals surface area contributed by atoms with Crippen molar-refractivity contribution >= 4 is 54.3 Å². The molecular weight excluding hydrogens is 593 g/mol. The van der Waals surface area contributed by atoms with Crippen LogP contribution in [0.15, 0.2) is 186 Å². The third kappa shape index (κ3) is 4.47. The van der Waals surface area contributed by atoms with Gasteiger partial charge in [0.05, 0.1) is 0 Å². The first-order chi connectivity index (χ1) is 24.3. The van der Waals surface area contributed by atoms with Gasteiger partial charge in [0.2, 0.25) is 0 Å². The van der Waals surface area contributed by atoms with Gasteiger partial charge in [0, 0.05) is 10.8 Å². The molecule has 0 atom stereocenters. The zero-order valence-corrected chi connectivity index (χ0v) is 26.7. The van der Waals surface area contributed by atoms with Gasteiger partial charge in [0.1, 0.15) is 11.2 Å². The van der Waals surface area contributed by atoms with Gasteiger partial charge in [-0.1, -0.05) is 152 Å². The van der Waals surface area contributed by atoms with Crippen molar-refractivity contribution in [2.75, 3.05) is 0 Å². The Kier molecular flexibility index (Phi) is 6.25. The third-order valence-corrected chi connectivity index (χ3v) is 10.0. The summed E-state index contributed by atoms with van der Waals surface area (Å²) >= 11 is 0. The van der Waals surface area contributed by atoms with Crippen molar-refractivity contribution in [3.05, 3.63) is 182 Å². The van der Waals surface area contributed by atoms with E-state index >= 15 is 0 Å². The molecule has 0 aliphatic carbocycles. The molecule has 228 valence electrons. The van der Waals surface area contributed by atoms with E-state index in [1.54, 1.807) is 0 Å². The van der Waals surface area contributed by atoms with Gasteiger partial charge >= 0.3 is 0 Å². The summed E-state index contributed by atoms with van der Waals surface area (Å²) in [6.07, 6.45) is 0. The molecule has 0 fully saturated rings. The fraction of sp³-hybridized carbons (Fsp3) is 0. The molecule has 9 aromatic carbocycles. The third-order valence-electron chi connectivity index (χ3n) is 10.0. The van der Waals surface area contributed by atoms with E-state index in [2.05, 4.69) is 170 Å². The van der Waals surface area contributed by atoms with Crippen LogP contribution in [0.25, 0.3) is 98.8 Å². The molecule has 0 radical (unpaired) electrons. The molecule has 0 unspecified atom stereocenters. The molecule has 0 aliphatic rings. The summed E-state index contributed by atoms with van der Waals surface area (Å²) in [6.45, 7) is 0. The minimum absolute atomic E-state index is 0.914. The summed E-state index contributed by atoms with van der Waals surface area (Å²) in [7, 11) is 0. The Morgan fingerprint density at radius 1 is 0.265 bits per heavy atom. The fourth-order valence-corrected chi connectivity index (χ4v) is 7.81. The smallest absolute Gasteiger partial charge is 0.135 e. The maximum absolute atomic E-state index is 6.15. The highest BCUT2D eigenvalue weighted by molar-refractivity contribution is 6.22. The number of hydrogen-bond donors (Lipinski definition) is 0. The molecule has 1 aromatic heterocycles. The van der Waals surface area contributed by atoms with Crippen LogP contribution in [0.5, 0.6) is 0 Å². The highest BCUT2D eigenvalue weighted by Crippen LogP contribution is 2.46. The van der Waals surface area contributed by atoms with E-state index in [4.69, 9.17) is 4.42 Å². The Balaban J connectivity index is 1.24. The lowest BCUT2D eigenvalue weighted by molar-refractivity contribution is 0.669. The molecule has 0 saturated carbocycles. The Labute approximate surface area is 284 Å². The van der Waals surface area contributed by atoms with E-state index < -0.39 is 0 Å². The standard InChI is InChI=1S/C48H30O/c1-2-13-32(14-3-1)47-40-20-6-7-21-41(40)48(42-26-24-35(30-44(42)47)38-22-11-15-31-12-4-5-18-37(31)38)36-17-10-16-33(28-36)34-25-27-46-43(29-34)39-19-8-9-23-45(39)49-46/h1-30H. The van der Waals surface area contributed by atoms with Crippen LogP contribution < -0.4 is 0 Å². The number of fused-ring (bicyclic) bond motifs is 6. The van der Waals surface area contributed by atoms with Crippen molar-refractivity contribution in [3.8, 4) is 44.5 Å². The number of hydrogen-bond acceptors (Lipinski definition) is 1. The molecule has 0 saturated heterocycles. The Morgan fingerprint density at radius 2 is 0.816 bits per heavy atom. The van der Waals surface area contributed by atoms with Crippen LogP contribution in [0.4, 0.5) is 0 Å². The van der Waals surface area contributed by atoms with Crippen LogP contribution in [0.3, 0.4) is 0 Å². The average Bonchev–Trinajstić information content (AvgIpc) is 3.55.